The Hall–Kier alpha value is -2.47. The van der Waals surface area contributed by atoms with Crippen LogP contribution in [0.1, 0.15) is 31.7 Å². The van der Waals surface area contributed by atoms with Gasteiger partial charge < -0.3 is 9.47 Å². The predicted molar refractivity (Wildman–Crippen MR) is 88.7 cm³/mol. The molecule has 3 nitrogen and oxygen atoms in total. The smallest absolute Gasteiger partial charge is 0.307 e. The Morgan fingerprint density at radius 1 is 1.27 bits per heavy atom. The van der Waals surface area contributed by atoms with Crippen molar-refractivity contribution in [1.82, 2.24) is 0 Å². The standard InChI is InChI=1S/C19H22O3/c1-4-6-7-8-14-22-18-12-10-16(11-13-18)17(9-5-2)15-19(20)21-3/h4,6-8,10-13,17H,14-15H2,1-3H3/t17-/m0/s1. The zero-order chi connectivity index (χ0) is 16.2. The zero-order valence-electron chi connectivity index (χ0n) is 13.3. The molecule has 1 aromatic carbocycles. The topological polar surface area (TPSA) is 35.5 Å². The van der Waals surface area contributed by atoms with Gasteiger partial charge in [-0.2, -0.15) is 0 Å². The van der Waals surface area contributed by atoms with Crippen LogP contribution < -0.4 is 4.74 Å². The van der Waals surface area contributed by atoms with Crippen LogP contribution in [0.5, 0.6) is 5.75 Å². The van der Waals surface area contributed by atoms with Crippen molar-refractivity contribution in [3.05, 3.63) is 54.1 Å². The van der Waals surface area contributed by atoms with Gasteiger partial charge in [0.05, 0.1) is 19.4 Å². The summed E-state index contributed by atoms with van der Waals surface area (Å²) in [7, 11) is 1.39. The van der Waals surface area contributed by atoms with Gasteiger partial charge in [-0.15, -0.1) is 5.92 Å². The molecule has 1 rings (SSSR count). The van der Waals surface area contributed by atoms with E-state index in [0.29, 0.717) is 6.61 Å². The Balaban J connectivity index is 2.67. The van der Waals surface area contributed by atoms with Gasteiger partial charge in [0, 0.05) is 0 Å². The van der Waals surface area contributed by atoms with E-state index in [0.717, 1.165) is 11.3 Å². The van der Waals surface area contributed by atoms with Crippen molar-refractivity contribution in [2.75, 3.05) is 13.7 Å². The summed E-state index contributed by atoms with van der Waals surface area (Å²) in [5.74, 6) is 6.27. The average molecular weight is 298 g/mol. The van der Waals surface area contributed by atoms with E-state index in [2.05, 4.69) is 11.8 Å². The van der Waals surface area contributed by atoms with Crippen molar-refractivity contribution in [2.24, 2.45) is 0 Å². The maximum atomic E-state index is 11.4. The van der Waals surface area contributed by atoms with Gasteiger partial charge in [-0.3, -0.25) is 4.79 Å². The Kier molecular flexibility index (Phi) is 8.22. The van der Waals surface area contributed by atoms with Crippen LogP contribution in [-0.2, 0) is 9.53 Å². The van der Waals surface area contributed by atoms with Crippen LogP contribution in [0.25, 0.3) is 0 Å². The molecule has 116 valence electrons. The summed E-state index contributed by atoms with van der Waals surface area (Å²) in [4.78, 5) is 11.4. The number of esters is 1. The van der Waals surface area contributed by atoms with Crippen LogP contribution in [0, 0.1) is 11.8 Å². The lowest BCUT2D eigenvalue weighted by molar-refractivity contribution is -0.140. The number of carbonyl (C=O) groups is 1. The summed E-state index contributed by atoms with van der Waals surface area (Å²) in [6.45, 7) is 4.25. The summed E-state index contributed by atoms with van der Waals surface area (Å²) in [6, 6.07) is 7.65. The highest BCUT2D eigenvalue weighted by Gasteiger charge is 2.14. The maximum Gasteiger partial charge on any atom is 0.307 e. The van der Waals surface area contributed by atoms with Crippen LogP contribution in [0.3, 0.4) is 0 Å². The molecule has 0 saturated heterocycles. The summed E-state index contributed by atoms with van der Waals surface area (Å²) < 4.78 is 10.3. The normalized spacial score (nSPS) is 12.0. The first-order valence-corrected chi connectivity index (χ1v) is 7.21. The van der Waals surface area contributed by atoms with Crippen molar-refractivity contribution in [3.63, 3.8) is 0 Å². The van der Waals surface area contributed by atoms with Gasteiger partial charge in [-0.25, -0.2) is 0 Å². The maximum absolute atomic E-state index is 11.4. The molecule has 0 aromatic heterocycles. The minimum atomic E-state index is -0.262. The second-order valence-corrected chi connectivity index (χ2v) is 4.56. The summed E-state index contributed by atoms with van der Waals surface area (Å²) in [6.07, 6.45) is 8.05. The largest absolute Gasteiger partial charge is 0.490 e. The average Bonchev–Trinajstić information content (AvgIpc) is 2.54. The van der Waals surface area contributed by atoms with E-state index < -0.39 is 0 Å². The van der Waals surface area contributed by atoms with E-state index >= 15 is 0 Å². The summed E-state index contributed by atoms with van der Waals surface area (Å²) in [5, 5.41) is 0. The van der Waals surface area contributed by atoms with Gasteiger partial charge in [0.25, 0.3) is 0 Å². The molecular weight excluding hydrogens is 276 g/mol. The van der Waals surface area contributed by atoms with E-state index in [1.54, 1.807) is 6.92 Å². The molecule has 22 heavy (non-hydrogen) atoms. The second-order valence-electron chi connectivity index (χ2n) is 4.56. The first-order chi connectivity index (χ1) is 10.7. The molecule has 0 fully saturated rings. The lowest BCUT2D eigenvalue weighted by Crippen LogP contribution is -2.07. The fraction of sp³-hybridized carbons (Fsp3) is 0.316. The van der Waals surface area contributed by atoms with Crippen molar-refractivity contribution < 1.29 is 14.3 Å². The van der Waals surface area contributed by atoms with E-state index in [9.17, 15) is 4.79 Å². The highest BCUT2D eigenvalue weighted by atomic mass is 16.5. The first kappa shape index (κ1) is 17.6. The molecule has 0 aliphatic carbocycles. The first-order valence-electron chi connectivity index (χ1n) is 7.21. The third-order valence-electron chi connectivity index (χ3n) is 2.99. The van der Waals surface area contributed by atoms with Gasteiger partial charge in [0.1, 0.15) is 12.4 Å². The Morgan fingerprint density at radius 3 is 2.59 bits per heavy atom. The number of methoxy groups -OCH3 is 1. The molecule has 0 amide bonds. The summed E-state index contributed by atoms with van der Waals surface area (Å²) >= 11 is 0. The minimum absolute atomic E-state index is 0.152. The molecule has 1 aromatic rings. The third kappa shape index (κ3) is 6.32. The van der Waals surface area contributed by atoms with E-state index in [-0.39, 0.29) is 18.3 Å². The lowest BCUT2D eigenvalue weighted by atomic mass is 9.96. The number of allylic oxidation sites excluding steroid dienone is 3. The van der Waals surface area contributed by atoms with Crippen molar-refractivity contribution in [1.29, 1.82) is 0 Å². The molecule has 0 spiro atoms. The fourth-order valence-corrected chi connectivity index (χ4v) is 1.86. The number of carbonyl (C=O) groups excluding carboxylic acids is 1. The van der Waals surface area contributed by atoms with Crippen LogP contribution in [0.2, 0.25) is 0 Å². The fourth-order valence-electron chi connectivity index (χ4n) is 1.86. The highest BCUT2D eigenvalue weighted by Crippen LogP contribution is 2.22. The van der Waals surface area contributed by atoms with Crippen molar-refractivity contribution >= 4 is 5.97 Å². The highest BCUT2D eigenvalue weighted by molar-refractivity contribution is 5.71. The van der Waals surface area contributed by atoms with Crippen molar-refractivity contribution in [2.45, 2.75) is 26.2 Å². The monoisotopic (exact) mass is 298 g/mol. The number of benzene rings is 1. The number of hydrogen-bond donors (Lipinski definition) is 0. The van der Waals surface area contributed by atoms with Gasteiger partial charge in [0.15, 0.2) is 0 Å². The van der Waals surface area contributed by atoms with E-state index in [4.69, 9.17) is 9.47 Å². The predicted octanol–water partition coefficient (Wildman–Crippen LogP) is 3.87. The lowest BCUT2D eigenvalue weighted by Gasteiger charge is -2.11. The van der Waals surface area contributed by atoms with Gasteiger partial charge >= 0.3 is 5.97 Å². The minimum Gasteiger partial charge on any atom is -0.490 e. The molecule has 3 heteroatoms. The summed E-state index contributed by atoms with van der Waals surface area (Å²) in [5.41, 5.74) is 0.983. The SMILES string of the molecule is CC#C[C@@H](CC(=O)OC)c1ccc(OCC=CC=CC)cc1. The molecule has 1 atom stereocenters. The quantitative estimate of drug-likeness (QED) is 0.435. The van der Waals surface area contributed by atoms with Crippen LogP contribution >= 0.6 is 0 Å². The van der Waals surface area contributed by atoms with Crippen LogP contribution in [0.4, 0.5) is 0 Å². The van der Waals surface area contributed by atoms with E-state index in [1.807, 2.05) is 55.5 Å². The van der Waals surface area contributed by atoms with Crippen molar-refractivity contribution in [3.8, 4) is 17.6 Å². The number of ether oxygens (including phenoxy) is 2. The number of hydrogen-bond acceptors (Lipinski definition) is 3. The molecular formula is C19H22O3. The number of rotatable bonds is 7. The molecule has 0 heterocycles. The molecule has 0 saturated carbocycles. The van der Waals surface area contributed by atoms with E-state index in [1.165, 1.54) is 7.11 Å². The molecule has 0 aliphatic rings. The molecule has 0 N–H and O–H groups in total. The van der Waals surface area contributed by atoms with Crippen LogP contribution in [-0.4, -0.2) is 19.7 Å². The Bertz CT molecular complexity index is 571. The zero-order valence-corrected chi connectivity index (χ0v) is 13.3. The Morgan fingerprint density at radius 2 is 2.00 bits per heavy atom. The van der Waals surface area contributed by atoms with Gasteiger partial charge in [0.2, 0.25) is 0 Å². The van der Waals surface area contributed by atoms with Gasteiger partial charge in [-0.1, -0.05) is 36.3 Å². The molecule has 0 bridgehead atoms. The second kappa shape index (κ2) is 10.3. The Labute approximate surface area is 132 Å². The van der Waals surface area contributed by atoms with Crippen LogP contribution in [0.15, 0.2) is 48.6 Å². The molecule has 0 aliphatic heterocycles. The third-order valence-corrected chi connectivity index (χ3v) is 2.99. The molecule has 0 radical (unpaired) electrons. The van der Waals surface area contributed by atoms with Gasteiger partial charge in [-0.05, 0) is 37.6 Å². The molecule has 0 unspecified atom stereocenters.